The summed E-state index contributed by atoms with van der Waals surface area (Å²) in [6, 6.07) is 0. The van der Waals surface area contributed by atoms with Gasteiger partial charge in [-0.15, -0.1) is 0 Å². The first-order valence-corrected chi connectivity index (χ1v) is 6.98. The molecule has 1 nitrogen and oxygen atoms in total. The van der Waals surface area contributed by atoms with E-state index in [1.807, 2.05) is 0 Å². The zero-order valence-corrected chi connectivity index (χ0v) is 10.5. The first-order chi connectivity index (χ1) is 7.25. The lowest BCUT2D eigenvalue weighted by Crippen LogP contribution is -2.41. The summed E-state index contributed by atoms with van der Waals surface area (Å²) in [5, 5.41) is 0. The van der Waals surface area contributed by atoms with E-state index in [4.69, 9.17) is 0 Å². The monoisotopic (exact) mass is 209 g/mol. The molecule has 1 heterocycles. The van der Waals surface area contributed by atoms with E-state index >= 15 is 0 Å². The van der Waals surface area contributed by atoms with Crippen LogP contribution in [0.1, 0.15) is 52.4 Å². The average Bonchev–Trinajstić information content (AvgIpc) is 2.25. The van der Waals surface area contributed by atoms with Crippen LogP contribution in [0.5, 0.6) is 0 Å². The van der Waals surface area contributed by atoms with Crippen LogP contribution in [0.3, 0.4) is 0 Å². The van der Waals surface area contributed by atoms with Crippen molar-refractivity contribution in [3.05, 3.63) is 0 Å². The molecule has 88 valence electrons. The van der Waals surface area contributed by atoms with Crippen molar-refractivity contribution in [1.82, 2.24) is 4.90 Å². The van der Waals surface area contributed by atoms with Crippen molar-refractivity contribution in [3.8, 4) is 0 Å². The third-order valence-corrected chi connectivity index (χ3v) is 4.66. The number of hydrogen-bond acceptors (Lipinski definition) is 1. The molecular weight excluding hydrogens is 182 g/mol. The summed E-state index contributed by atoms with van der Waals surface area (Å²) in [7, 11) is 0. The fourth-order valence-corrected chi connectivity index (χ4v) is 3.25. The summed E-state index contributed by atoms with van der Waals surface area (Å²) in [6.07, 6.45) is 8.90. The maximum absolute atomic E-state index is 2.74. The minimum Gasteiger partial charge on any atom is -0.303 e. The number of rotatable bonds is 2. The molecule has 0 spiro atoms. The molecule has 2 rings (SSSR count). The second kappa shape index (κ2) is 5.34. The Labute approximate surface area is 95.2 Å². The minimum atomic E-state index is 0.919. The number of hydrogen-bond donors (Lipinski definition) is 0. The van der Waals surface area contributed by atoms with Gasteiger partial charge >= 0.3 is 0 Å². The summed E-state index contributed by atoms with van der Waals surface area (Å²) in [5.41, 5.74) is 0. The number of piperidine rings is 1. The van der Waals surface area contributed by atoms with Crippen LogP contribution >= 0.6 is 0 Å². The Balaban J connectivity index is 1.74. The van der Waals surface area contributed by atoms with Crippen molar-refractivity contribution in [2.75, 3.05) is 19.6 Å². The molecule has 1 aliphatic heterocycles. The van der Waals surface area contributed by atoms with E-state index in [1.54, 1.807) is 0 Å². The molecule has 0 amide bonds. The number of nitrogens with zero attached hydrogens (tertiary/aromatic N) is 1. The fourth-order valence-electron chi connectivity index (χ4n) is 3.25. The van der Waals surface area contributed by atoms with Crippen molar-refractivity contribution in [2.24, 2.45) is 17.8 Å². The van der Waals surface area contributed by atoms with Gasteiger partial charge in [-0.25, -0.2) is 0 Å². The number of likely N-dealkylation sites (tertiary alicyclic amines) is 1. The van der Waals surface area contributed by atoms with Crippen molar-refractivity contribution < 1.29 is 0 Å². The van der Waals surface area contributed by atoms with Gasteiger partial charge in [0.05, 0.1) is 0 Å². The highest BCUT2D eigenvalue weighted by Crippen LogP contribution is 2.27. The van der Waals surface area contributed by atoms with Gasteiger partial charge in [0.1, 0.15) is 0 Å². The lowest BCUT2D eigenvalue weighted by atomic mass is 9.85. The van der Waals surface area contributed by atoms with E-state index < -0.39 is 0 Å². The quantitative estimate of drug-likeness (QED) is 0.672. The average molecular weight is 209 g/mol. The zero-order valence-electron chi connectivity index (χ0n) is 10.5. The molecule has 2 atom stereocenters. The lowest BCUT2D eigenvalue weighted by Gasteiger charge is -2.38. The van der Waals surface area contributed by atoms with E-state index in [0.717, 1.165) is 17.8 Å². The van der Waals surface area contributed by atoms with Gasteiger partial charge in [-0.05, 0) is 43.6 Å². The molecule has 0 radical (unpaired) electrons. The molecule has 2 aliphatic rings. The van der Waals surface area contributed by atoms with E-state index in [1.165, 1.54) is 58.2 Å². The van der Waals surface area contributed by atoms with Crippen LogP contribution in [-0.2, 0) is 0 Å². The zero-order chi connectivity index (χ0) is 10.7. The van der Waals surface area contributed by atoms with Gasteiger partial charge in [0, 0.05) is 13.1 Å². The smallest absolute Gasteiger partial charge is 0.000977 e. The van der Waals surface area contributed by atoms with Crippen molar-refractivity contribution >= 4 is 0 Å². The van der Waals surface area contributed by atoms with Crippen molar-refractivity contribution in [3.63, 3.8) is 0 Å². The van der Waals surface area contributed by atoms with Gasteiger partial charge in [0.25, 0.3) is 0 Å². The second-order valence-electron chi connectivity index (χ2n) is 6.01. The van der Waals surface area contributed by atoms with Gasteiger partial charge in [0.15, 0.2) is 0 Å². The van der Waals surface area contributed by atoms with Gasteiger partial charge in [-0.2, -0.15) is 0 Å². The van der Waals surface area contributed by atoms with Crippen LogP contribution in [-0.4, -0.2) is 24.5 Å². The summed E-state index contributed by atoms with van der Waals surface area (Å²) >= 11 is 0. The van der Waals surface area contributed by atoms with Crippen molar-refractivity contribution in [1.29, 1.82) is 0 Å². The van der Waals surface area contributed by atoms with E-state index in [-0.39, 0.29) is 0 Å². The molecule has 0 bridgehead atoms. The Morgan fingerprint density at radius 3 is 2.33 bits per heavy atom. The molecular formula is C14H27N. The Hall–Kier alpha value is -0.0400. The molecule has 0 aromatic heterocycles. The summed E-state index contributed by atoms with van der Waals surface area (Å²) in [4.78, 5) is 2.74. The first kappa shape index (κ1) is 11.4. The van der Waals surface area contributed by atoms with Crippen LogP contribution in [0.15, 0.2) is 0 Å². The molecule has 1 saturated heterocycles. The molecule has 1 heteroatoms. The molecule has 2 unspecified atom stereocenters. The summed E-state index contributed by atoms with van der Waals surface area (Å²) < 4.78 is 0. The van der Waals surface area contributed by atoms with Gasteiger partial charge < -0.3 is 4.90 Å². The topological polar surface area (TPSA) is 3.24 Å². The Bertz CT molecular complexity index is 184. The van der Waals surface area contributed by atoms with Crippen LogP contribution in [0, 0.1) is 17.8 Å². The van der Waals surface area contributed by atoms with Gasteiger partial charge in [-0.3, -0.25) is 0 Å². The largest absolute Gasteiger partial charge is 0.303 e. The maximum atomic E-state index is 2.74. The van der Waals surface area contributed by atoms with E-state index in [0.29, 0.717) is 0 Å². The molecule has 2 fully saturated rings. The first-order valence-electron chi connectivity index (χ1n) is 6.98. The third kappa shape index (κ3) is 3.21. The SMILES string of the molecule is CC1CCN(CC2CCCCC2)CC1C. The van der Waals surface area contributed by atoms with Crippen LogP contribution in [0.25, 0.3) is 0 Å². The van der Waals surface area contributed by atoms with E-state index in [9.17, 15) is 0 Å². The maximum Gasteiger partial charge on any atom is 0.000977 e. The fraction of sp³-hybridized carbons (Fsp3) is 1.00. The summed E-state index contributed by atoms with van der Waals surface area (Å²) in [6.45, 7) is 8.97. The Morgan fingerprint density at radius 2 is 1.67 bits per heavy atom. The highest BCUT2D eigenvalue weighted by molar-refractivity contribution is 4.78. The summed E-state index contributed by atoms with van der Waals surface area (Å²) in [5.74, 6) is 2.90. The van der Waals surface area contributed by atoms with Crippen LogP contribution in [0.2, 0.25) is 0 Å². The normalized spacial score (nSPS) is 35.6. The standard InChI is InChI=1S/C14H27N/c1-12-8-9-15(10-13(12)2)11-14-6-4-3-5-7-14/h12-14H,3-11H2,1-2H3. The second-order valence-corrected chi connectivity index (χ2v) is 6.01. The highest BCUT2D eigenvalue weighted by atomic mass is 15.1. The predicted molar refractivity (Wildman–Crippen MR) is 66.0 cm³/mol. The van der Waals surface area contributed by atoms with Gasteiger partial charge in [0.2, 0.25) is 0 Å². The van der Waals surface area contributed by atoms with Crippen LogP contribution < -0.4 is 0 Å². The molecule has 1 saturated carbocycles. The molecule has 0 aromatic rings. The lowest BCUT2D eigenvalue weighted by molar-refractivity contribution is 0.111. The van der Waals surface area contributed by atoms with Gasteiger partial charge in [-0.1, -0.05) is 33.1 Å². The highest BCUT2D eigenvalue weighted by Gasteiger charge is 2.24. The van der Waals surface area contributed by atoms with Crippen molar-refractivity contribution in [2.45, 2.75) is 52.4 Å². The predicted octanol–water partition coefficient (Wildman–Crippen LogP) is 3.54. The molecule has 0 aromatic carbocycles. The third-order valence-electron chi connectivity index (χ3n) is 4.66. The van der Waals surface area contributed by atoms with E-state index in [2.05, 4.69) is 18.7 Å². The Kier molecular flexibility index (Phi) is 4.07. The molecule has 1 aliphatic carbocycles. The molecule has 15 heavy (non-hydrogen) atoms. The Morgan fingerprint density at radius 1 is 0.933 bits per heavy atom. The minimum absolute atomic E-state index is 0.919. The van der Waals surface area contributed by atoms with Crippen LogP contribution in [0.4, 0.5) is 0 Å². The molecule has 0 N–H and O–H groups in total.